The summed E-state index contributed by atoms with van der Waals surface area (Å²) >= 11 is 0. The molecule has 536 valence electrons. The van der Waals surface area contributed by atoms with E-state index in [0.717, 1.165) is 21.0 Å². The summed E-state index contributed by atoms with van der Waals surface area (Å²) in [5.74, 6) is -3.43. The van der Waals surface area contributed by atoms with E-state index >= 15 is 0 Å². The highest BCUT2D eigenvalue weighted by Crippen LogP contribution is 2.39. The zero-order valence-electron chi connectivity index (χ0n) is 51.4. The number of aryl methyl sites for hydroxylation is 3. The van der Waals surface area contributed by atoms with E-state index < -0.39 is 135 Å². The number of benzene rings is 6. The van der Waals surface area contributed by atoms with Gasteiger partial charge in [-0.2, -0.15) is 68.6 Å². The molecule has 2 aromatic heterocycles. The van der Waals surface area contributed by atoms with Crippen LogP contribution in [-0.2, 0) is 98.8 Å². The SMILES string of the molecule is CC(=O)Nc1cc(N)c(C)cc1N=Nc1ccc(S(=O)(=O)CCOS(=O)(=O)O)cc1.Cc1nn(-c2ccc(S(=O)(=O)CCOS(=O)(=O)O)cc2)c(O)c1N=Nc1ccc(-c2ccc(N=Nc3c(C)nn(-c4ccc(S(=O)(=O)CCOS(=O)(=O)O)cc4)c3O)cc2S(=O)(=O)O)cc1.O=S(=O)=O. The number of hydrogen-bond donors (Lipinski definition) is 8. The summed E-state index contributed by atoms with van der Waals surface area (Å²) in [6, 6.07) is 28.2. The molecule has 0 aliphatic rings. The van der Waals surface area contributed by atoms with Gasteiger partial charge in [0.15, 0.2) is 40.9 Å². The van der Waals surface area contributed by atoms with Crippen molar-refractivity contribution in [3.05, 3.63) is 144 Å². The molecule has 0 atom stereocenters. The molecule has 0 saturated heterocycles. The molecule has 0 aliphatic heterocycles. The summed E-state index contributed by atoms with van der Waals surface area (Å²) in [5, 5.41) is 57.3. The summed E-state index contributed by atoms with van der Waals surface area (Å²) in [7, 11) is -34.2. The van der Waals surface area contributed by atoms with Gasteiger partial charge < -0.3 is 21.3 Å². The molecule has 8 rings (SSSR count). The van der Waals surface area contributed by atoms with Crippen LogP contribution in [0.25, 0.3) is 22.5 Å². The van der Waals surface area contributed by atoms with Crippen molar-refractivity contribution in [1.82, 2.24) is 19.6 Å². The largest absolute Gasteiger partial charge is 0.492 e. The van der Waals surface area contributed by atoms with Crippen LogP contribution < -0.4 is 11.1 Å². The zero-order valence-corrected chi connectivity index (χ0v) is 58.0. The summed E-state index contributed by atoms with van der Waals surface area (Å²) < 4.78 is 239. The van der Waals surface area contributed by atoms with Crippen LogP contribution in [0.4, 0.5) is 45.5 Å². The van der Waals surface area contributed by atoms with Crippen LogP contribution in [0.5, 0.6) is 11.8 Å². The zero-order chi connectivity index (χ0) is 74.5. The quantitative estimate of drug-likeness (QED) is 0.0162. The van der Waals surface area contributed by atoms with Crippen molar-refractivity contribution in [1.29, 1.82) is 0 Å². The number of aromatic hydroxyl groups is 2. The van der Waals surface area contributed by atoms with E-state index in [9.17, 15) is 78.5 Å². The third-order valence-corrected chi connectivity index (χ3v) is 20.1. The first kappa shape index (κ1) is 79.4. The van der Waals surface area contributed by atoms with Gasteiger partial charge in [0.1, 0.15) is 10.6 Å². The average Bonchev–Trinajstić information content (AvgIpc) is 1.48. The number of aromatic nitrogens is 4. The number of nitrogens with one attached hydrogen (secondary N) is 1. The topological polar surface area (TPSA) is 604 Å². The monoisotopic (exact) mass is 1550 g/mol. The number of sulfone groups is 3. The van der Waals surface area contributed by atoms with Gasteiger partial charge in [0.25, 0.3) is 10.1 Å². The number of nitrogen functional groups attached to an aromatic ring is 1. The van der Waals surface area contributed by atoms with E-state index in [1.165, 1.54) is 130 Å². The normalized spacial score (nSPS) is 12.5. The van der Waals surface area contributed by atoms with Crippen molar-refractivity contribution in [2.24, 2.45) is 30.7 Å². The first-order chi connectivity index (χ1) is 46.3. The second-order valence-electron chi connectivity index (χ2n) is 19.9. The van der Waals surface area contributed by atoms with E-state index in [2.05, 4.69) is 58.7 Å². The van der Waals surface area contributed by atoms with Gasteiger partial charge >= 0.3 is 41.8 Å². The highest BCUT2D eigenvalue weighted by atomic mass is 32.3. The van der Waals surface area contributed by atoms with Gasteiger partial charge in [-0.15, -0.1) is 28.0 Å². The van der Waals surface area contributed by atoms with E-state index in [4.69, 9.17) is 32.0 Å². The van der Waals surface area contributed by atoms with Gasteiger partial charge in [-0.05, 0) is 141 Å². The highest BCUT2D eigenvalue weighted by Gasteiger charge is 2.24. The molecule has 47 heteroatoms. The minimum atomic E-state index is -4.86. The molecule has 1 amide bonds. The van der Waals surface area contributed by atoms with Crippen molar-refractivity contribution >= 4 is 133 Å². The Morgan fingerprint density at radius 3 is 1.22 bits per heavy atom. The number of nitrogens with zero attached hydrogens (tertiary/aromatic N) is 10. The summed E-state index contributed by atoms with van der Waals surface area (Å²) in [4.78, 5) is 10.3. The third kappa shape index (κ3) is 23.3. The van der Waals surface area contributed by atoms with Crippen LogP contribution in [0.1, 0.15) is 23.9 Å². The molecule has 0 aliphatic carbocycles. The minimum absolute atomic E-state index is 0.0407. The van der Waals surface area contributed by atoms with Crippen molar-refractivity contribution in [2.45, 2.75) is 47.3 Å². The molecular formula is C53H54N12O27S8. The van der Waals surface area contributed by atoms with Crippen molar-refractivity contribution in [2.75, 3.05) is 48.1 Å². The summed E-state index contributed by atoms with van der Waals surface area (Å²) in [6.07, 6.45) is 0. The van der Waals surface area contributed by atoms with Crippen molar-refractivity contribution in [3.8, 4) is 34.3 Å². The molecule has 9 N–H and O–H groups in total. The highest BCUT2D eigenvalue weighted by molar-refractivity contribution is 7.92. The lowest BCUT2D eigenvalue weighted by Gasteiger charge is -2.09. The predicted octanol–water partition coefficient (Wildman–Crippen LogP) is 6.56. The molecule has 39 nitrogen and oxygen atoms in total. The van der Waals surface area contributed by atoms with Crippen LogP contribution in [0, 0.1) is 20.8 Å². The van der Waals surface area contributed by atoms with Gasteiger partial charge in [0, 0.05) is 18.2 Å². The lowest BCUT2D eigenvalue weighted by Crippen LogP contribution is -2.15. The number of anilines is 2. The average molecular weight is 1550 g/mol. The van der Waals surface area contributed by atoms with Gasteiger partial charge in [-0.25, -0.2) is 37.8 Å². The van der Waals surface area contributed by atoms with Gasteiger partial charge in [-0.1, -0.05) is 18.2 Å². The number of nitrogens with two attached hydrogens (primary N) is 1. The molecule has 0 fully saturated rings. The van der Waals surface area contributed by atoms with E-state index in [1.54, 1.807) is 19.1 Å². The number of carbonyl (C=O) groups excluding carboxylic acids is 1. The molecule has 0 bridgehead atoms. The standard InChI is InChI=1S/C36H34N8O17S5.C17H20N4O7S2.O3S/c1-22-33(35(45)43(41-22)27-8-12-29(13-9-27)62(47,48)19-17-60-65(54,55)56)39-37-25-5-3-24(4-6-25)31-16-7-26(21-32(31)64(51,52)53)38-40-34-23(2)42-44(36(34)46)28-10-14-30(15-11-28)63(49,50)20-18-61-66(57,58)59;1-11-9-17(16(10-15(11)18)19-12(2)22)21-20-13-3-5-14(6-4-13)29(23,24)8-7-28-30(25,26)27;1-4(2)3/h3-16,21,45-46H,17-20H2,1-2H3,(H,51,52,53)(H,54,55,56)(H,57,58,59);3-6,9-10H,7-8,18H2,1-2H3,(H,19,22)(H,25,26,27);. The van der Waals surface area contributed by atoms with Gasteiger partial charge in [0.2, 0.25) is 17.7 Å². The number of carbonyl (C=O) groups is 1. The van der Waals surface area contributed by atoms with Crippen LogP contribution in [0.2, 0.25) is 0 Å². The van der Waals surface area contributed by atoms with Crippen molar-refractivity contribution in [3.63, 3.8) is 0 Å². The Balaban J connectivity index is 0.000000384. The number of rotatable bonds is 26. The Kier molecular flexibility index (Phi) is 25.9. The molecule has 0 saturated carbocycles. The lowest BCUT2D eigenvalue weighted by molar-refractivity contribution is -0.114. The Bertz CT molecular complexity index is 5450. The van der Waals surface area contributed by atoms with Crippen LogP contribution in [-0.4, -0.2) is 163 Å². The van der Waals surface area contributed by atoms with Crippen LogP contribution in [0.15, 0.2) is 178 Å². The Morgan fingerprint density at radius 2 is 0.850 bits per heavy atom. The first-order valence-corrected chi connectivity index (χ1v) is 38.7. The fraction of sp³-hybridized carbons (Fsp3) is 0.189. The molecule has 2 heterocycles. The Hall–Kier alpha value is -9.60. The van der Waals surface area contributed by atoms with E-state index in [-0.39, 0.29) is 71.7 Å². The molecule has 6 aromatic carbocycles. The molecule has 8 aromatic rings. The molecule has 100 heavy (non-hydrogen) atoms. The number of amides is 1. The molecule has 0 radical (unpaired) electrons. The lowest BCUT2D eigenvalue weighted by atomic mass is 10.0. The maximum Gasteiger partial charge on any atom is 0.425 e. The fourth-order valence-electron chi connectivity index (χ4n) is 8.16. The molecule has 0 unspecified atom stereocenters. The third-order valence-electron chi connectivity index (χ3n) is 12.8. The van der Waals surface area contributed by atoms with E-state index in [0.29, 0.717) is 28.3 Å². The fourth-order valence-corrected chi connectivity index (χ4v) is 13.4. The minimum Gasteiger partial charge on any atom is -0.492 e. The Labute approximate surface area is 570 Å². The summed E-state index contributed by atoms with van der Waals surface area (Å²) in [5.41, 5.74) is 9.35. The smallest absolute Gasteiger partial charge is 0.425 e. The van der Waals surface area contributed by atoms with E-state index in [1.807, 2.05) is 0 Å². The predicted molar refractivity (Wildman–Crippen MR) is 349 cm³/mol. The Morgan fingerprint density at radius 1 is 0.500 bits per heavy atom. The summed E-state index contributed by atoms with van der Waals surface area (Å²) in [6.45, 7) is 3.77. The van der Waals surface area contributed by atoms with Crippen LogP contribution >= 0.6 is 0 Å². The maximum absolute atomic E-state index is 12.6. The molecule has 0 spiro atoms. The number of hydrogen-bond acceptors (Lipinski definition) is 32. The van der Waals surface area contributed by atoms with Gasteiger partial charge in [0.05, 0.1) is 97.3 Å². The van der Waals surface area contributed by atoms with Crippen molar-refractivity contribution < 1.29 is 117 Å². The molecular weight excluding hydrogens is 1490 g/mol. The first-order valence-electron chi connectivity index (χ1n) is 27.2. The number of azo groups is 3. The second-order valence-corrected chi connectivity index (χ2v) is 31.3. The van der Waals surface area contributed by atoms with Gasteiger partial charge in [-0.3, -0.25) is 23.0 Å². The maximum atomic E-state index is 12.6. The second kappa shape index (κ2) is 32.6. The van der Waals surface area contributed by atoms with Crippen LogP contribution in [0.3, 0.4) is 0 Å².